The number of nitrogens with one attached hydrogen (secondary N) is 2. The van der Waals surface area contributed by atoms with Gasteiger partial charge in [0.1, 0.15) is 22.6 Å². The summed E-state index contributed by atoms with van der Waals surface area (Å²) >= 11 is 1.01. The van der Waals surface area contributed by atoms with E-state index in [1.807, 2.05) is 0 Å². The second-order valence-electron chi connectivity index (χ2n) is 6.95. The monoisotopic (exact) mass is 448 g/mol. The number of H-pyrrole nitrogens is 1. The van der Waals surface area contributed by atoms with Crippen LogP contribution in [0.5, 0.6) is 0 Å². The molecule has 160 valence electrons. The predicted octanol–water partition coefficient (Wildman–Crippen LogP) is 3.31. The number of thiazole rings is 1. The van der Waals surface area contributed by atoms with Crippen LogP contribution in [-0.4, -0.2) is 54.9 Å². The molecule has 1 aliphatic rings. The zero-order chi connectivity index (χ0) is 21.5. The van der Waals surface area contributed by atoms with Gasteiger partial charge in [0.05, 0.1) is 18.3 Å². The highest BCUT2D eigenvalue weighted by Crippen LogP contribution is 2.30. The minimum atomic E-state index is -2.69. The normalized spacial score (nSPS) is 16.5. The first-order valence-corrected chi connectivity index (χ1v) is 10.2. The number of aromatic nitrogens is 6. The maximum absolute atomic E-state index is 13.5. The van der Waals surface area contributed by atoms with Gasteiger partial charge in [-0.15, -0.1) is 16.4 Å². The van der Waals surface area contributed by atoms with Gasteiger partial charge in [-0.3, -0.25) is 9.89 Å². The van der Waals surface area contributed by atoms with Gasteiger partial charge in [-0.25, -0.2) is 22.7 Å². The van der Waals surface area contributed by atoms with Gasteiger partial charge >= 0.3 is 0 Å². The minimum Gasteiger partial charge on any atom is -0.336 e. The molecule has 5 heterocycles. The molecule has 1 fully saturated rings. The van der Waals surface area contributed by atoms with Crippen molar-refractivity contribution in [3.05, 3.63) is 41.3 Å². The van der Waals surface area contributed by atoms with Crippen molar-refractivity contribution in [1.82, 2.24) is 29.8 Å². The molecule has 0 aliphatic carbocycles. The van der Waals surface area contributed by atoms with Crippen molar-refractivity contribution < 1.29 is 18.0 Å². The van der Waals surface area contributed by atoms with Crippen molar-refractivity contribution in [3.8, 4) is 10.6 Å². The summed E-state index contributed by atoms with van der Waals surface area (Å²) in [6.07, 6.45) is -0.134. The second-order valence-corrected chi connectivity index (χ2v) is 7.81. The van der Waals surface area contributed by atoms with Gasteiger partial charge in [0.25, 0.3) is 12.3 Å². The van der Waals surface area contributed by atoms with Crippen LogP contribution in [0.3, 0.4) is 0 Å². The molecule has 0 radical (unpaired) electrons. The first-order chi connectivity index (χ1) is 15.0. The van der Waals surface area contributed by atoms with Crippen molar-refractivity contribution in [2.75, 3.05) is 23.3 Å². The summed E-state index contributed by atoms with van der Waals surface area (Å²) < 4.78 is 40.6. The van der Waals surface area contributed by atoms with Crippen molar-refractivity contribution >= 4 is 34.5 Å². The number of alkyl halides is 3. The number of carbonyl (C=O) groups excluding carboxylic acids is 1. The lowest BCUT2D eigenvalue weighted by Crippen LogP contribution is -2.21. The van der Waals surface area contributed by atoms with Crippen molar-refractivity contribution in [1.29, 1.82) is 0 Å². The van der Waals surface area contributed by atoms with Gasteiger partial charge in [0, 0.05) is 29.9 Å². The third kappa shape index (κ3) is 3.71. The molecule has 9 nitrogen and oxygen atoms in total. The molecular formula is C18H15F3N8OS. The van der Waals surface area contributed by atoms with Crippen LogP contribution in [0, 0.1) is 0 Å². The van der Waals surface area contributed by atoms with Crippen molar-refractivity contribution in [3.63, 3.8) is 0 Å². The molecule has 4 aromatic heterocycles. The summed E-state index contributed by atoms with van der Waals surface area (Å²) in [5.74, 6) is -0.0803. The maximum atomic E-state index is 13.5. The summed E-state index contributed by atoms with van der Waals surface area (Å²) in [5, 5.41) is 15.0. The lowest BCUT2D eigenvalue weighted by molar-refractivity contribution is 0.102. The van der Waals surface area contributed by atoms with E-state index in [1.165, 1.54) is 11.6 Å². The number of nitrogens with zero attached hydrogens (tertiary/aromatic N) is 6. The standard InChI is InChI=1S/C18H15F3N8OS/c19-9-1-3-28(7-9)18-25-13-5-10(2-4-29(13)27-18)23-16(30)14-11(6-22-26-14)17-24-12(8-31-17)15(20)21/h2,4-6,8-9,15H,1,3,7H2,(H,22,26)(H,23,30). The van der Waals surface area contributed by atoms with Gasteiger partial charge in [0.15, 0.2) is 5.65 Å². The largest absolute Gasteiger partial charge is 0.336 e. The molecule has 31 heavy (non-hydrogen) atoms. The molecule has 1 atom stereocenters. The fourth-order valence-electron chi connectivity index (χ4n) is 3.31. The summed E-state index contributed by atoms with van der Waals surface area (Å²) in [7, 11) is 0. The van der Waals surface area contributed by atoms with Crippen LogP contribution in [0.25, 0.3) is 16.2 Å². The number of rotatable bonds is 5. The molecule has 1 amide bonds. The average Bonchev–Trinajstić information content (AvgIpc) is 3.51. The Morgan fingerprint density at radius 3 is 2.97 bits per heavy atom. The molecule has 13 heteroatoms. The van der Waals surface area contributed by atoms with Gasteiger partial charge in [-0.05, 0) is 12.5 Å². The van der Waals surface area contributed by atoms with E-state index in [9.17, 15) is 18.0 Å². The number of halogens is 3. The van der Waals surface area contributed by atoms with E-state index >= 15 is 0 Å². The van der Waals surface area contributed by atoms with Crippen molar-refractivity contribution in [2.24, 2.45) is 0 Å². The van der Waals surface area contributed by atoms with Crippen LogP contribution in [0.1, 0.15) is 29.0 Å². The van der Waals surface area contributed by atoms with Crippen LogP contribution in [0.4, 0.5) is 24.8 Å². The quantitative estimate of drug-likeness (QED) is 0.486. The highest BCUT2D eigenvalue weighted by atomic mass is 32.1. The highest BCUT2D eigenvalue weighted by Gasteiger charge is 2.25. The number of anilines is 2. The van der Waals surface area contributed by atoms with Gasteiger partial charge < -0.3 is 10.2 Å². The number of amides is 1. The molecule has 0 bridgehead atoms. The number of hydrogen-bond acceptors (Lipinski definition) is 7. The van der Waals surface area contributed by atoms with E-state index in [-0.39, 0.29) is 22.9 Å². The predicted molar refractivity (Wildman–Crippen MR) is 107 cm³/mol. The molecular weight excluding hydrogens is 433 g/mol. The fraction of sp³-hybridized carbons (Fsp3) is 0.278. The Balaban J connectivity index is 1.36. The number of hydrogen-bond donors (Lipinski definition) is 2. The van der Waals surface area contributed by atoms with E-state index in [2.05, 4.69) is 30.6 Å². The molecule has 0 saturated carbocycles. The Morgan fingerprint density at radius 2 is 2.23 bits per heavy atom. The summed E-state index contributed by atoms with van der Waals surface area (Å²) in [5.41, 5.74) is 1.02. The molecule has 4 aromatic rings. The van der Waals surface area contributed by atoms with Crippen molar-refractivity contribution in [2.45, 2.75) is 19.0 Å². The van der Waals surface area contributed by atoms with Crippen LogP contribution in [0.2, 0.25) is 0 Å². The Labute approximate surface area is 176 Å². The van der Waals surface area contributed by atoms with Gasteiger partial charge in [0.2, 0.25) is 5.95 Å². The van der Waals surface area contributed by atoms with E-state index < -0.39 is 18.5 Å². The molecule has 1 aliphatic heterocycles. The summed E-state index contributed by atoms with van der Waals surface area (Å²) in [6.45, 7) is 0.807. The molecule has 1 unspecified atom stereocenters. The van der Waals surface area contributed by atoms with Crippen LogP contribution in [0.15, 0.2) is 29.9 Å². The van der Waals surface area contributed by atoms with Crippen LogP contribution >= 0.6 is 11.3 Å². The summed E-state index contributed by atoms with van der Waals surface area (Å²) in [4.78, 5) is 22.8. The zero-order valence-corrected chi connectivity index (χ0v) is 16.6. The number of carbonyl (C=O) groups is 1. The summed E-state index contributed by atoms with van der Waals surface area (Å²) in [6, 6.07) is 3.27. The van der Waals surface area contributed by atoms with Crippen LogP contribution in [-0.2, 0) is 0 Å². The average molecular weight is 448 g/mol. The van der Waals surface area contributed by atoms with Gasteiger partial charge in [-0.2, -0.15) is 10.1 Å². The number of aromatic amines is 1. The Hall–Kier alpha value is -3.48. The third-order valence-corrected chi connectivity index (χ3v) is 5.73. The molecule has 0 aromatic carbocycles. The molecule has 0 spiro atoms. The fourth-order valence-corrected chi connectivity index (χ4v) is 4.13. The molecule has 2 N–H and O–H groups in total. The Morgan fingerprint density at radius 1 is 1.35 bits per heavy atom. The zero-order valence-electron chi connectivity index (χ0n) is 15.8. The topological polar surface area (TPSA) is 104 Å². The third-order valence-electron chi connectivity index (χ3n) is 4.84. The smallest absolute Gasteiger partial charge is 0.281 e. The van der Waals surface area contributed by atoms with E-state index in [0.717, 1.165) is 11.3 Å². The second kappa shape index (κ2) is 7.65. The lowest BCUT2D eigenvalue weighted by atomic mass is 10.2. The highest BCUT2D eigenvalue weighted by molar-refractivity contribution is 7.13. The van der Waals surface area contributed by atoms with Crippen LogP contribution < -0.4 is 10.2 Å². The molecule has 5 rings (SSSR count). The number of fused-ring (bicyclic) bond motifs is 1. The van der Waals surface area contributed by atoms with E-state index in [4.69, 9.17) is 0 Å². The first-order valence-electron chi connectivity index (χ1n) is 9.32. The Bertz CT molecular complexity index is 1250. The lowest BCUT2D eigenvalue weighted by Gasteiger charge is -2.10. The SMILES string of the molecule is O=C(Nc1ccn2nc(N3CCC(F)C3)nc2c1)c1[nH]ncc1-c1nc(C(F)F)cs1. The van der Waals surface area contributed by atoms with E-state index in [1.54, 1.807) is 27.7 Å². The van der Waals surface area contributed by atoms with E-state index in [0.29, 0.717) is 35.8 Å². The minimum absolute atomic E-state index is 0.100. The number of pyridine rings is 1. The van der Waals surface area contributed by atoms with Gasteiger partial charge in [-0.1, -0.05) is 0 Å². The maximum Gasteiger partial charge on any atom is 0.281 e. The molecule has 1 saturated heterocycles. The first kappa shape index (κ1) is 19.5. The Kier molecular flexibility index (Phi) is 4.81.